The number of urea groups is 1. The number of aromatic nitrogens is 1. The third kappa shape index (κ3) is 6.99. The second-order valence-corrected chi connectivity index (χ2v) is 6.99. The fraction of sp³-hybridized carbons (Fsp3) is 0.368. The van der Waals surface area contributed by atoms with Crippen molar-refractivity contribution in [2.75, 3.05) is 13.2 Å². The van der Waals surface area contributed by atoms with Gasteiger partial charge in [-0.1, -0.05) is 12.1 Å². The average molecular weight is 404 g/mol. The van der Waals surface area contributed by atoms with Crippen LogP contribution in [0.3, 0.4) is 0 Å². The van der Waals surface area contributed by atoms with Crippen molar-refractivity contribution >= 4 is 29.2 Å². The molecule has 3 N–H and O–H groups in total. The molecule has 8 nitrogen and oxygen atoms in total. The molecule has 0 saturated carbocycles. The molecule has 9 heteroatoms. The number of carbonyl (C=O) groups excluding carboxylic acids is 3. The first kappa shape index (κ1) is 21.4. The SMILES string of the molecule is CCOC(=O)CCN(Cc1cccnc1)C(=O)CC(NC(N)=O)c1cccs1. The molecule has 0 aliphatic carbocycles. The van der Waals surface area contributed by atoms with Gasteiger partial charge in [0.2, 0.25) is 5.91 Å². The van der Waals surface area contributed by atoms with E-state index in [1.54, 1.807) is 30.3 Å². The van der Waals surface area contributed by atoms with Crippen molar-refractivity contribution in [2.24, 2.45) is 5.73 Å². The van der Waals surface area contributed by atoms with E-state index in [-0.39, 0.29) is 31.3 Å². The maximum absolute atomic E-state index is 13.0. The standard InChI is InChI=1S/C19H24N4O4S/c1-2-27-18(25)7-9-23(13-14-5-3-8-21-12-14)17(24)11-15(22-19(20)26)16-6-4-10-28-16/h3-6,8,10,12,15H,2,7,9,11,13H2,1H3,(H3,20,22,26). The van der Waals surface area contributed by atoms with Crippen LogP contribution in [0.25, 0.3) is 0 Å². The summed E-state index contributed by atoms with van der Waals surface area (Å²) >= 11 is 1.43. The first-order valence-corrected chi connectivity index (χ1v) is 9.79. The highest BCUT2D eigenvalue weighted by Crippen LogP contribution is 2.23. The van der Waals surface area contributed by atoms with E-state index in [4.69, 9.17) is 10.5 Å². The number of rotatable bonds is 10. The topological polar surface area (TPSA) is 115 Å². The van der Waals surface area contributed by atoms with E-state index in [1.807, 2.05) is 23.6 Å². The highest BCUT2D eigenvalue weighted by Gasteiger charge is 2.23. The van der Waals surface area contributed by atoms with Gasteiger partial charge < -0.3 is 20.7 Å². The van der Waals surface area contributed by atoms with E-state index in [0.717, 1.165) is 10.4 Å². The molecule has 1 atom stereocenters. The maximum Gasteiger partial charge on any atom is 0.312 e. The molecule has 0 spiro atoms. The lowest BCUT2D eigenvalue weighted by Crippen LogP contribution is -2.38. The predicted molar refractivity (Wildman–Crippen MR) is 105 cm³/mol. The number of amides is 3. The summed E-state index contributed by atoms with van der Waals surface area (Å²) in [6, 6.07) is 6.10. The van der Waals surface area contributed by atoms with Gasteiger partial charge in [0.1, 0.15) is 0 Å². The highest BCUT2D eigenvalue weighted by atomic mass is 32.1. The van der Waals surface area contributed by atoms with Gasteiger partial charge in [-0.3, -0.25) is 14.6 Å². The first-order valence-electron chi connectivity index (χ1n) is 8.91. The van der Waals surface area contributed by atoms with Crippen LogP contribution in [0.5, 0.6) is 0 Å². The number of primary amides is 1. The minimum atomic E-state index is -0.698. The second-order valence-electron chi connectivity index (χ2n) is 6.01. The molecular formula is C19H24N4O4S. The van der Waals surface area contributed by atoms with E-state index in [2.05, 4.69) is 10.3 Å². The van der Waals surface area contributed by atoms with Crippen molar-refractivity contribution in [3.63, 3.8) is 0 Å². The molecule has 2 rings (SSSR count). The predicted octanol–water partition coefficient (Wildman–Crippen LogP) is 2.22. The van der Waals surface area contributed by atoms with Crippen LogP contribution in [0.1, 0.15) is 36.2 Å². The zero-order chi connectivity index (χ0) is 20.4. The summed E-state index contributed by atoms with van der Waals surface area (Å²) in [7, 11) is 0. The number of nitrogens with two attached hydrogens (primary N) is 1. The van der Waals surface area contributed by atoms with Crippen LogP contribution in [0.2, 0.25) is 0 Å². The van der Waals surface area contributed by atoms with E-state index in [0.29, 0.717) is 13.2 Å². The molecule has 150 valence electrons. The number of nitrogens with zero attached hydrogens (tertiary/aromatic N) is 2. The van der Waals surface area contributed by atoms with E-state index >= 15 is 0 Å². The lowest BCUT2D eigenvalue weighted by molar-refractivity contribution is -0.144. The van der Waals surface area contributed by atoms with Crippen molar-refractivity contribution in [3.05, 3.63) is 52.5 Å². The molecule has 1 unspecified atom stereocenters. The van der Waals surface area contributed by atoms with Gasteiger partial charge in [-0.25, -0.2) is 4.79 Å². The van der Waals surface area contributed by atoms with Gasteiger partial charge in [-0.15, -0.1) is 11.3 Å². The van der Waals surface area contributed by atoms with Crippen LogP contribution in [0.4, 0.5) is 4.79 Å². The Kier molecular flexibility index (Phi) is 8.41. The number of esters is 1. The lowest BCUT2D eigenvalue weighted by Gasteiger charge is -2.25. The Hall–Kier alpha value is -2.94. The van der Waals surface area contributed by atoms with Crippen LogP contribution in [0, 0.1) is 0 Å². The molecule has 0 aliphatic rings. The summed E-state index contributed by atoms with van der Waals surface area (Å²) in [5.41, 5.74) is 6.11. The van der Waals surface area contributed by atoms with Gasteiger partial charge in [0.25, 0.3) is 0 Å². The average Bonchev–Trinajstić information content (AvgIpc) is 3.20. The summed E-state index contributed by atoms with van der Waals surface area (Å²) in [6.45, 7) is 2.54. The monoisotopic (exact) mass is 404 g/mol. The molecular weight excluding hydrogens is 380 g/mol. The number of hydrogen-bond acceptors (Lipinski definition) is 6. The van der Waals surface area contributed by atoms with Crippen LogP contribution in [-0.4, -0.2) is 40.9 Å². The summed E-state index contributed by atoms with van der Waals surface area (Å²) in [5, 5.41) is 4.48. The van der Waals surface area contributed by atoms with Gasteiger partial charge in [-0.2, -0.15) is 0 Å². The van der Waals surface area contributed by atoms with E-state index < -0.39 is 12.1 Å². The van der Waals surface area contributed by atoms with Crippen molar-refractivity contribution in [3.8, 4) is 0 Å². The second kappa shape index (κ2) is 11.0. The number of thiophene rings is 1. The van der Waals surface area contributed by atoms with Crippen molar-refractivity contribution < 1.29 is 19.1 Å². The van der Waals surface area contributed by atoms with Crippen LogP contribution in [-0.2, 0) is 20.9 Å². The molecule has 0 bridgehead atoms. The van der Waals surface area contributed by atoms with Crippen LogP contribution in [0.15, 0.2) is 42.0 Å². The minimum Gasteiger partial charge on any atom is -0.466 e. The van der Waals surface area contributed by atoms with Crippen LogP contribution >= 0.6 is 11.3 Å². The summed E-state index contributed by atoms with van der Waals surface area (Å²) in [6.07, 6.45) is 3.44. The van der Waals surface area contributed by atoms with E-state index in [1.165, 1.54) is 11.3 Å². The molecule has 28 heavy (non-hydrogen) atoms. The lowest BCUT2D eigenvalue weighted by atomic mass is 10.1. The number of carbonyl (C=O) groups is 3. The Morgan fingerprint density at radius 3 is 2.75 bits per heavy atom. The van der Waals surface area contributed by atoms with Crippen molar-refractivity contribution in [1.29, 1.82) is 0 Å². The number of nitrogens with one attached hydrogen (secondary N) is 1. The zero-order valence-corrected chi connectivity index (χ0v) is 16.5. The number of ether oxygens (including phenoxy) is 1. The normalized spacial score (nSPS) is 11.5. The highest BCUT2D eigenvalue weighted by molar-refractivity contribution is 7.10. The Morgan fingerprint density at radius 2 is 2.14 bits per heavy atom. The Balaban J connectivity index is 2.11. The van der Waals surface area contributed by atoms with Crippen molar-refractivity contribution in [1.82, 2.24) is 15.2 Å². The molecule has 0 aromatic carbocycles. The number of hydrogen-bond donors (Lipinski definition) is 2. The summed E-state index contributed by atoms with van der Waals surface area (Å²) in [4.78, 5) is 42.5. The maximum atomic E-state index is 13.0. The fourth-order valence-corrected chi connectivity index (χ4v) is 3.43. The van der Waals surface area contributed by atoms with Crippen molar-refractivity contribution in [2.45, 2.75) is 32.4 Å². The molecule has 0 radical (unpaired) electrons. The van der Waals surface area contributed by atoms with Gasteiger partial charge in [-0.05, 0) is 30.0 Å². The molecule has 0 aliphatic heterocycles. The smallest absolute Gasteiger partial charge is 0.312 e. The van der Waals surface area contributed by atoms with Gasteiger partial charge >= 0.3 is 12.0 Å². The van der Waals surface area contributed by atoms with Gasteiger partial charge in [0.05, 0.1) is 25.5 Å². The minimum absolute atomic E-state index is 0.0343. The Bertz CT molecular complexity index is 768. The molecule has 2 aromatic heterocycles. The van der Waals surface area contributed by atoms with Gasteiger partial charge in [0, 0.05) is 30.4 Å². The summed E-state index contributed by atoms with van der Waals surface area (Å²) < 4.78 is 4.95. The van der Waals surface area contributed by atoms with E-state index in [9.17, 15) is 14.4 Å². The molecule has 2 aromatic rings. The number of pyridine rings is 1. The van der Waals surface area contributed by atoms with Crippen LogP contribution < -0.4 is 11.1 Å². The fourth-order valence-electron chi connectivity index (χ4n) is 2.65. The molecule has 2 heterocycles. The molecule has 0 fully saturated rings. The molecule has 3 amide bonds. The quantitative estimate of drug-likeness (QED) is 0.589. The zero-order valence-electron chi connectivity index (χ0n) is 15.7. The Morgan fingerprint density at radius 1 is 1.32 bits per heavy atom. The first-order chi connectivity index (χ1) is 13.5. The third-order valence-corrected chi connectivity index (χ3v) is 4.91. The van der Waals surface area contributed by atoms with Gasteiger partial charge in [0.15, 0.2) is 0 Å². The molecule has 0 saturated heterocycles. The Labute approximate surface area is 167 Å². The summed E-state index contributed by atoms with van der Waals surface area (Å²) in [5.74, 6) is -0.572. The third-order valence-electron chi connectivity index (χ3n) is 3.92. The largest absolute Gasteiger partial charge is 0.466 e.